The Labute approximate surface area is 141 Å². The molecule has 0 radical (unpaired) electrons. The van der Waals surface area contributed by atoms with Crippen molar-refractivity contribution < 1.29 is 13.3 Å². The standard InChI is InChI=1S/C17H20N2O4S/c20-19(21)16-8-4-5-9-17(16)24(22,23)18-12-10-15(11-13-18)14-6-2-1-3-7-14/h2-9,14-15H,1,10-13H2. The minimum absolute atomic E-state index is 0.217. The Balaban J connectivity index is 1.76. The molecule has 1 saturated heterocycles. The van der Waals surface area contributed by atoms with Gasteiger partial charge in [0.2, 0.25) is 10.0 Å². The van der Waals surface area contributed by atoms with E-state index >= 15 is 0 Å². The molecule has 0 spiro atoms. The number of rotatable bonds is 4. The summed E-state index contributed by atoms with van der Waals surface area (Å²) in [5.74, 6) is 0.796. The molecule has 0 unspecified atom stereocenters. The largest absolute Gasteiger partial charge is 0.289 e. The normalized spacial score (nSPS) is 20.3. The first-order chi connectivity index (χ1) is 11.5. The molecule has 7 heteroatoms. The lowest BCUT2D eigenvalue weighted by Gasteiger charge is -2.34. The molecule has 0 bridgehead atoms. The fourth-order valence-corrected chi connectivity index (χ4v) is 5.02. The Bertz CT molecular complexity index is 766. The number of hydrogen-bond donors (Lipinski definition) is 0. The molecule has 0 N–H and O–H groups in total. The summed E-state index contributed by atoms with van der Waals surface area (Å²) in [5, 5.41) is 11.1. The van der Waals surface area contributed by atoms with Gasteiger partial charge in [-0.25, -0.2) is 8.42 Å². The van der Waals surface area contributed by atoms with E-state index in [2.05, 4.69) is 24.3 Å². The van der Waals surface area contributed by atoms with Crippen LogP contribution in [-0.4, -0.2) is 30.7 Å². The van der Waals surface area contributed by atoms with E-state index in [9.17, 15) is 18.5 Å². The van der Waals surface area contributed by atoms with Gasteiger partial charge < -0.3 is 0 Å². The van der Waals surface area contributed by atoms with Gasteiger partial charge in [0.1, 0.15) is 0 Å². The average molecular weight is 348 g/mol. The van der Waals surface area contributed by atoms with Gasteiger partial charge in [-0.1, -0.05) is 36.4 Å². The minimum Gasteiger partial charge on any atom is -0.258 e. The highest BCUT2D eigenvalue weighted by Gasteiger charge is 2.35. The molecule has 1 fully saturated rings. The highest BCUT2D eigenvalue weighted by atomic mass is 32.2. The molecule has 3 rings (SSSR count). The molecule has 1 aromatic rings. The number of benzene rings is 1. The van der Waals surface area contributed by atoms with Crippen molar-refractivity contribution in [3.63, 3.8) is 0 Å². The Morgan fingerprint density at radius 2 is 1.71 bits per heavy atom. The number of nitro benzene ring substituents is 1. The number of allylic oxidation sites excluding steroid dienone is 4. The van der Waals surface area contributed by atoms with Crippen LogP contribution in [-0.2, 0) is 10.0 Å². The van der Waals surface area contributed by atoms with Gasteiger partial charge in [0, 0.05) is 19.2 Å². The summed E-state index contributed by atoms with van der Waals surface area (Å²) in [6, 6.07) is 5.54. The van der Waals surface area contributed by atoms with Crippen molar-refractivity contribution in [2.75, 3.05) is 13.1 Å². The van der Waals surface area contributed by atoms with E-state index in [1.807, 2.05) is 0 Å². The van der Waals surface area contributed by atoms with Gasteiger partial charge in [0.25, 0.3) is 5.69 Å². The van der Waals surface area contributed by atoms with Gasteiger partial charge in [0.15, 0.2) is 4.90 Å². The van der Waals surface area contributed by atoms with Crippen LogP contribution in [0.3, 0.4) is 0 Å². The molecule has 1 aliphatic carbocycles. The molecule has 0 aromatic heterocycles. The molecule has 1 aromatic carbocycles. The zero-order valence-corrected chi connectivity index (χ0v) is 14.1. The van der Waals surface area contributed by atoms with Crippen LogP contribution in [0.15, 0.2) is 53.5 Å². The molecule has 128 valence electrons. The van der Waals surface area contributed by atoms with Gasteiger partial charge in [-0.2, -0.15) is 4.31 Å². The van der Waals surface area contributed by atoms with Crippen LogP contribution in [0.4, 0.5) is 5.69 Å². The summed E-state index contributed by atoms with van der Waals surface area (Å²) in [5.41, 5.74) is -0.363. The number of nitrogens with zero attached hydrogens (tertiary/aromatic N) is 2. The first kappa shape index (κ1) is 16.9. The Hall–Kier alpha value is -1.99. The second-order valence-electron chi connectivity index (χ2n) is 6.14. The lowest BCUT2D eigenvalue weighted by atomic mass is 9.83. The molecular weight excluding hydrogens is 328 g/mol. The van der Waals surface area contributed by atoms with E-state index in [1.165, 1.54) is 28.6 Å². The topological polar surface area (TPSA) is 80.5 Å². The smallest absolute Gasteiger partial charge is 0.258 e. The SMILES string of the molecule is O=[N+]([O-])c1ccccc1S(=O)(=O)N1CCC(C2C=CCC=C2)CC1. The van der Waals surface area contributed by atoms with Crippen molar-refractivity contribution in [2.45, 2.75) is 24.2 Å². The minimum atomic E-state index is -3.84. The highest BCUT2D eigenvalue weighted by Crippen LogP contribution is 2.33. The lowest BCUT2D eigenvalue weighted by Crippen LogP contribution is -2.40. The van der Waals surface area contributed by atoms with Crippen molar-refractivity contribution in [1.29, 1.82) is 0 Å². The van der Waals surface area contributed by atoms with Crippen LogP contribution in [0.25, 0.3) is 0 Å². The van der Waals surface area contributed by atoms with Gasteiger partial charge in [-0.15, -0.1) is 0 Å². The zero-order chi connectivity index (χ0) is 17.2. The molecule has 1 heterocycles. The fourth-order valence-electron chi connectivity index (χ4n) is 3.39. The third-order valence-corrected chi connectivity index (χ3v) is 6.66. The lowest BCUT2D eigenvalue weighted by molar-refractivity contribution is -0.387. The maximum absolute atomic E-state index is 12.8. The van der Waals surface area contributed by atoms with E-state index in [-0.39, 0.29) is 10.6 Å². The quantitative estimate of drug-likeness (QED) is 0.476. The number of para-hydroxylation sites is 1. The van der Waals surface area contributed by atoms with Gasteiger partial charge >= 0.3 is 0 Å². The second kappa shape index (κ2) is 6.86. The van der Waals surface area contributed by atoms with E-state index < -0.39 is 14.9 Å². The number of piperidine rings is 1. The number of sulfonamides is 1. The Morgan fingerprint density at radius 1 is 1.08 bits per heavy atom. The van der Waals surface area contributed by atoms with Crippen LogP contribution in [0.2, 0.25) is 0 Å². The number of hydrogen-bond acceptors (Lipinski definition) is 4. The van der Waals surface area contributed by atoms with Crippen LogP contribution in [0.1, 0.15) is 19.3 Å². The highest BCUT2D eigenvalue weighted by molar-refractivity contribution is 7.89. The van der Waals surface area contributed by atoms with Crippen LogP contribution >= 0.6 is 0 Å². The van der Waals surface area contributed by atoms with Crippen molar-refractivity contribution in [3.05, 3.63) is 58.7 Å². The third-order valence-electron chi connectivity index (χ3n) is 4.71. The molecule has 6 nitrogen and oxygen atoms in total. The third kappa shape index (κ3) is 3.27. The summed E-state index contributed by atoms with van der Waals surface area (Å²) in [6.45, 7) is 0.800. The fraction of sp³-hybridized carbons (Fsp3) is 0.412. The Morgan fingerprint density at radius 3 is 2.33 bits per heavy atom. The number of nitro groups is 1. The van der Waals surface area contributed by atoms with Gasteiger partial charge in [-0.05, 0) is 37.2 Å². The zero-order valence-electron chi connectivity index (χ0n) is 13.2. The van der Waals surface area contributed by atoms with Crippen LogP contribution < -0.4 is 0 Å². The maximum atomic E-state index is 12.8. The molecule has 1 aliphatic heterocycles. The molecule has 0 saturated carbocycles. The predicted octanol–water partition coefficient (Wildman–Crippen LogP) is 3.13. The van der Waals surface area contributed by atoms with Crippen molar-refractivity contribution in [2.24, 2.45) is 11.8 Å². The van der Waals surface area contributed by atoms with Crippen molar-refractivity contribution in [1.82, 2.24) is 4.31 Å². The average Bonchev–Trinajstić information content (AvgIpc) is 2.62. The second-order valence-corrected chi connectivity index (χ2v) is 8.04. The van der Waals surface area contributed by atoms with E-state index in [0.29, 0.717) is 24.9 Å². The molecule has 24 heavy (non-hydrogen) atoms. The van der Waals surface area contributed by atoms with E-state index in [4.69, 9.17) is 0 Å². The predicted molar refractivity (Wildman–Crippen MR) is 91.0 cm³/mol. The molecule has 0 amide bonds. The first-order valence-electron chi connectivity index (χ1n) is 8.07. The summed E-state index contributed by atoms with van der Waals surface area (Å²) < 4.78 is 27.0. The summed E-state index contributed by atoms with van der Waals surface area (Å²) in [4.78, 5) is 10.3. The monoisotopic (exact) mass is 348 g/mol. The summed E-state index contributed by atoms with van der Waals surface area (Å²) in [7, 11) is -3.84. The van der Waals surface area contributed by atoms with Crippen LogP contribution in [0.5, 0.6) is 0 Å². The van der Waals surface area contributed by atoms with E-state index in [0.717, 1.165) is 19.3 Å². The summed E-state index contributed by atoms with van der Waals surface area (Å²) >= 11 is 0. The van der Waals surface area contributed by atoms with Crippen molar-refractivity contribution >= 4 is 15.7 Å². The van der Waals surface area contributed by atoms with Crippen molar-refractivity contribution in [3.8, 4) is 0 Å². The van der Waals surface area contributed by atoms with Gasteiger partial charge in [0.05, 0.1) is 4.92 Å². The maximum Gasteiger partial charge on any atom is 0.289 e. The Kier molecular flexibility index (Phi) is 4.82. The molecule has 2 aliphatic rings. The molecule has 0 atom stereocenters. The van der Waals surface area contributed by atoms with Gasteiger partial charge in [-0.3, -0.25) is 10.1 Å². The molecular formula is C17H20N2O4S. The van der Waals surface area contributed by atoms with E-state index in [1.54, 1.807) is 0 Å². The first-order valence-corrected chi connectivity index (χ1v) is 9.51. The summed E-state index contributed by atoms with van der Waals surface area (Å²) in [6.07, 6.45) is 11.1. The van der Waals surface area contributed by atoms with Crippen LogP contribution in [0, 0.1) is 22.0 Å².